The van der Waals surface area contributed by atoms with Gasteiger partial charge in [0.1, 0.15) is 0 Å². The Balaban J connectivity index is 2.60. The molecule has 3 nitrogen and oxygen atoms in total. The zero-order chi connectivity index (χ0) is 12.6. The molecule has 1 unspecified atom stereocenters. The lowest BCUT2D eigenvalue weighted by Gasteiger charge is -2.34. The van der Waals surface area contributed by atoms with E-state index in [1.807, 2.05) is 4.90 Å². The van der Waals surface area contributed by atoms with Gasteiger partial charge in [-0.1, -0.05) is 20.8 Å². The Kier molecular flexibility index (Phi) is 3.68. The van der Waals surface area contributed by atoms with E-state index in [2.05, 4.69) is 34.6 Å². The Hall–Kier alpha value is -0.570. The third kappa shape index (κ3) is 2.97. The van der Waals surface area contributed by atoms with Gasteiger partial charge in [-0.15, -0.1) is 0 Å². The first kappa shape index (κ1) is 13.5. The van der Waals surface area contributed by atoms with Gasteiger partial charge in [0.25, 0.3) is 0 Å². The van der Waals surface area contributed by atoms with Gasteiger partial charge in [0.15, 0.2) is 0 Å². The van der Waals surface area contributed by atoms with E-state index in [-0.39, 0.29) is 22.9 Å². The SMILES string of the molecule is CC(C)(C)C(N)CC(=O)N1CCCC1(C)C. The number of hydrogen-bond acceptors (Lipinski definition) is 2. The van der Waals surface area contributed by atoms with Gasteiger partial charge in [0, 0.05) is 24.5 Å². The third-order valence-electron chi connectivity index (χ3n) is 3.71. The second kappa shape index (κ2) is 4.36. The lowest BCUT2D eigenvalue weighted by Crippen LogP contribution is -2.47. The van der Waals surface area contributed by atoms with Crippen LogP contribution in [-0.4, -0.2) is 28.9 Å². The van der Waals surface area contributed by atoms with Crippen LogP contribution in [0.1, 0.15) is 53.9 Å². The molecule has 3 heteroatoms. The minimum atomic E-state index is -0.0589. The molecule has 0 aromatic rings. The Morgan fingerprint density at radius 2 is 2.00 bits per heavy atom. The Labute approximate surface area is 99.4 Å². The number of hydrogen-bond donors (Lipinski definition) is 1. The number of nitrogens with zero attached hydrogens (tertiary/aromatic N) is 1. The van der Waals surface area contributed by atoms with Crippen molar-refractivity contribution in [3.05, 3.63) is 0 Å². The molecule has 1 amide bonds. The van der Waals surface area contributed by atoms with Crippen LogP contribution in [0.25, 0.3) is 0 Å². The van der Waals surface area contributed by atoms with Crippen molar-refractivity contribution in [2.24, 2.45) is 11.1 Å². The van der Waals surface area contributed by atoms with Gasteiger partial charge in [-0.05, 0) is 32.1 Å². The Bertz CT molecular complexity index is 266. The van der Waals surface area contributed by atoms with E-state index >= 15 is 0 Å². The van der Waals surface area contributed by atoms with E-state index < -0.39 is 0 Å². The summed E-state index contributed by atoms with van der Waals surface area (Å²) in [6.07, 6.45) is 2.68. The van der Waals surface area contributed by atoms with Crippen molar-refractivity contribution >= 4 is 5.91 Å². The van der Waals surface area contributed by atoms with Crippen LogP contribution < -0.4 is 5.73 Å². The highest BCUT2D eigenvalue weighted by atomic mass is 16.2. The fourth-order valence-corrected chi connectivity index (χ4v) is 2.17. The molecule has 2 N–H and O–H groups in total. The van der Waals surface area contributed by atoms with Gasteiger partial charge < -0.3 is 10.6 Å². The van der Waals surface area contributed by atoms with Crippen LogP contribution in [0.15, 0.2) is 0 Å². The standard InChI is InChI=1S/C13H26N2O/c1-12(2,3)10(14)9-11(16)15-8-6-7-13(15,4)5/h10H,6-9,14H2,1-5H3. The number of carbonyl (C=O) groups excluding carboxylic acids is 1. The lowest BCUT2D eigenvalue weighted by molar-refractivity contribution is -0.135. The van der Waals surface area contributed by atoms with Crippen LogP contribution in [0, 0.1) is 5.41 Å². The molecule has 1 aliphatic heterocycles. The van der Waals surface area contributed by atoms with E-state index in [1.54, 1.807) is 0 Å². The van der Waals surface area contributed by atoms with Crippen LogP contribution in [0.5, 0.6) is 0 Å². The molecule has 1 rings (SSSR count). The first-order valence-electron chi connectivity index (χ1n) is 6.20. The summed E-state index contributed by atoms with van der Waals surface area (Å²) in [6.45, 7) is 11.4. The van der Waals surface area contributed by atoms with Crippen LogP contribution in [0.2, 0.25) is 0 Å². The predicted octanol–water partition coefficient (Wildman–Crippen LogP) is 2.15. The second-order valence-electron chi connectivity index (χ2n) is 6.64. The van der Waals surface area contributed by atoms with Crippen molar-refractivity contribution < 1.29 is 4.79 Å². The smallest absolute Gasteiger partial charge is 0.224 e. The molecule has 0 aliphatic carbocycles. The average molecular weight is 226 g/mol. The highest BCUT2D eigenvalue weighted by Gasteiger charge is 2.36. The monoisotopic (exact) mass is 226 g/mol. The van der Waals surface area contributed by atoms with Crippen LogP contribution >= 0.6 is 0 Å². The van der Waals surface area contributed by atoms with Crippen molar-refractivity contribution in [3.63, 3.8) is 0 Å². The van der Waals surface area contributed by atoms with Crippen LogP contribution in [-0.2, 0) is 4.79 Å². The van der Waals surface area contributed by atoms with Crippen molar-refractivity contribution in [2.45, 2.75) is 65.5 Å². The third-order valence-corrected chi connectivity index (χ3v) is 3.71. The summed E-state index contributed by atoms with van der Waals surface area (Å²) < 4.78 is 0. The van der Waals surface area contributed by atoms with Crippen molar-refractivity contribution in [3.8, 4) is 0 Å². The second-order valence-corrected chi connectivity index (χ2v) is 6.64. The molecule has 1 atom stereocenters. The molecule has 0 spiro atoms. The summed E-state index contributed by atoms with van der Waals surface area (Å²) in [5.74, 6) is 0.213. The summed E-state index contributed by atoms with van der Waals surface area (Å²) in [6, 6.07) is -0.0589. The molecule has 0 bridgehead atoms. The molecule has 0 saturated carbocycles. The van der Waals surface area contributed by atoms with Crippen LogP contribution in [0.3, 0.4) is 0 Å². The Morgan fingerprint density at radius 1 is 1.44 bits per heavy atom. The van der Waals surface area contributed by atoms with Crippen molar-refractivity contribution in [1.29, 1.82) is 0 Å². The number of likely N-dealkylation sites (tertiary alicyclic amines) is 1. The zero-order valence-electron chi connectivity index (χ0n) is 11.3. The first-order chi connectivity index (χ1) is 7.14. The highest BCUT2D eigenvalue weighted by molar-refractivity contribution is 5.78. The van der Waals surface area contributed by atoms with Crippen molar-refractivity contribution in [2.75, 3.05) is 6.54 Å². The van der Waals surface area contributed by atoms with E-state index in [9.17, 15) is 4.79 Å². The summed E-state index contributed by atoms with van der Waals surface area (Å²) in [5.41, 5.74) is 6.08. The molecule has 0 aromatic heterocycles. The fourth-order valence-electron chi connectivity index (χ4n) is 2.17. The number of carbonyl (C=O) groups is 1. The van der Waals surface area contributed by atoms with Crippen LogP contribution in [0.4, 0.5) is 0 Å². The van der Waals surface area contributed by atoms with Gasteiger partial charge in [0.05, 0.1) is 0 Å². The summed E-state index contributed by atoms with van der Waals surface area (Å²) >= 11 is 0. The maximum absolute atomic E-state index is 12.2. The summed E-state index contributed by atoms with van der Waals surface area (Å²) in [5, 5.41) is 0. The van der Waals surface area contributed by atoms with Crippen molar-refractivity contribution in [1.82, 2.24) is 4.90 Å². The number of nitrogens with two attached hydrogens (primary N) is 1. The zero-order valence-corrected chi connectivity index (χ0v) is 11.3. The topological polar surface area (TPSA) is 46.3 Å². The molecular formula is C13H26N2O. The minimum absolute atomic E-state index is 0.000469. The number of rotatable bonds is 2. The maximum Gasteiger partial charge on any atom is 0.224 e. The van der Waals surface area contributed by atoms with E-state index in [4.69, 9.17) is 5.73 Å². The van der Waals surface area contributed by atoms with Gasteiger partial charge in [-0.25, -0.2) is 0 Å². The first-order valence-corrected chi connectivity index (χ1v) is 6.20. The Morgan fingerprint density at radius 3 is 2.38 bits per heavy atom. The van der Waals surface area contributed by atoms with Gasteiger partial charge in [0.2, 0.25) is 5.91 Å². The molecule has 16 heavy (non-hydrogen) atoms. The number of amides is 1. The molecule has 94 valence electrons. The van der Waals surface area contributed by atoms with Gasteiger partial charge >= 0.3 is 0 Å². The molecule has 0 radical (unpaired) electrons. The van der Waals surface area contributed by atoms with E-state index in [1.165, 1.54) is 0 Å². The minimum Gasteiger partial charge on any atom is -0.338 e. The van der Waals surface area contributed by atoms with Gasteiger partial charge in [-0.3, -0.25) is 4.79 Å². The quantitative estimate of drug-likeness (QED) is 0.784. The highest BCUT2D eigenvalue weighted by Crippen LogP contribution is 2.30. The summed E-state index contributed by atoms with van der Waals surface area (Å²) in [4.78, 5) is 14.2. The predicted molar refractivity (Wildman–Crippen MR) is 67.1 cm³/mol. The molecule has 1 saturated heterocycles. The molecule has 1 aliphatic rings. The molecular weight excluding hydrogens is 200 g/mol. The van der Waals surface area contributed by atoms with Gasteiger partial charge in [-0.2, -0.15) is 0 Å². The average Bonchev–Trinajstić information content (AvgIpc) is 2.43. The summed E-state index contributed by atoms with van der Waals surface area (Å²) in [7, 11) is 0. The fraction of sp³-hybridized carbons (Fsp3) is 0.923. The lowest BCUT2D eigenvalue weighted by atomic mass is 9.85. The van der Waals surface area contributed by atoms with E-state index in [0.717, 1.165) is 19.4 Å². The molecule has 1 heterocycles. The molecule has 0 aromatic carbocycles. The molecule has 1 fully saturated rings. The normalized spacial score (nSPS) is 22.2. The largest absolute Gasteiger partial charge is 0.338 e. The van der Waals surface area contributed by atoms with E-state index in [0.29, 0.717) is 6.42 Å². The maximum atomic E-state index is 12.2.